The molecule has 0 heterocycles. The molecule has 0 spiro atoms. The molecule has 186 valence electrons. The van der Waals surface area contributed by atoms with Crippen molar-refractivity contribution in [3.05, 3.63) is 57.0 Å². The van der Waals surface area contributed by atoms with Crippen molar-refractivity contribution in [2.75, 3.05) is 31.3 Å². The van der Waals surface area contributed by atoms with Crippen molar-refractivity contribution >= 4 is 62.3 Å². The SMILES string of the molecule is CC[C@@H](C(=O)NC)N(Cc1ccc(Cl)cc1Cl)C(=O)CN(c1cc(Cl)ccc1OC)S(C)(=O)=O. The summed E-state index contributed by atoms with van der Waals surface area (Å²) in [6.07, 6.45) is 1.26. The number of amides is 2. The molecule has 2 aromatic carbocycles. The highest BCUT2D eigenvalue weighted by Gasteiger charge is 2.32. The third-order valence-corrected chi connectivity index (χ3v) is 7.03. The maximum absolute atomic E-state index is 13.6. The molecule has 0 unspecified atom stereocenters. The van der Waals surface area contributed by atoms with Crippen LogP contribution in [0.25, 0.3) is 0 Å². The van der Waals surface area contributed by atoms with Crippen molar-refractivity contribution in [2.24, 2.45) is 0 Å². The number of likely N-dealkylation sites (N-methyl/N-ethyl adjacent to an activating group) is 1. The summed E-state index contributed by atoms with van der Waals surface area (Å²) in [4.78, 5) is 27.4. The van der Waals surface area contributed by atoms with E-state index < -0.39 is 34.4 Å². The van der Waals surface area contributed by atoms with Crippen molar-refractivity contribution in [3.8, 4) is 5.75 Å². The molecule has 2 rings (SSSR count). The van der Waals surface area contributed by atoms with Crippen LogP contribution >= 0.6 is 34.8 Å². The second-order valence-electron chi connectivity index (χ2n) is 7.38. The Morgan fingerprint density at radius 1 is 1.09 bits per heavy atom. The molecule has 0 aliphatic heterocycles. The molecule has 1 atom stereocenters. The molecule has 0 aliphatic carbocycles. The van der Waals surface area contributed by atoms with Crippen molar-refractivity contribution in [1.29, 1.82) is 0 Å². The van der Waals surface area contributed by atoms with E-state index in [1.54, 1.807) is 25.1 Å². The van der Waals surface area contributed by atoms with Gasteiger partial charge < -0.3 is 15.0 Å². The van der Waals surface area contributed by atoms with Crippen molar-refractivity contribution in [3.63, 3.8) is 0 Å². The molecule has 34 heavy (non-hydrogen) atoms. The fraction of sp³-hybridized carbons (Fsp3) is 0.364. The first kappa shape index (κ1) is 28.0. The number of benzene rings is 2. The summed E-state index contributed by atoms with van der Waals surface area (Å²) in [6, 6.07) is 8.37. The van der Waals surface area contributed by atoms with E-state index in [0.29, 0.717) is 15.6 Å². The Hall–Kier alpha value is -2.20. The molecule has 1 N–H and O–H groups in total. The number of anilines is 1. The van der Waals surface area contributed by atoms with Gasteiger partial charge in [0.1, 0.15) is 18.3 Å². The molecule has 2 amide bonds. The number of halogens is 3. The predicted octanol–water partition coefficient (Wildman–Crippen LogP) is 3.97. The van der Waals surface area contributed by atoms with Crippen molar-refractivity contribution in [1.82, 2.24) is 10.2 Å². The molecule has 0 bridgehead atoms. The van der Waals surface area contributed by atoms with Gasteiger partial charge in [0.15, 0.2) is 0 Å². The monoisotopic (exact) mass is 549 g/mol. The molecule has 12 heteroatoms. The Labute approximate surface area is 214 Å². The van der Waals surface area contributed by atoms with Crippen LogP contribution in [0.15, 0.2) is 36.4 Å². The van der Waals surface area contributed by atoms with E-state index in [9.17, 15) is 18.0 Å². The number of carbonyl (C=O) groups is 2. The molecule has 8 nitrogen and oxygen atoms in total. The third-order valence-electron chi connectivity index (χ3n) is 5.08. The maximum atomic E-state index is 13.6. The van der Waals surface area contributed by atoms with Crippen LogP contribution in [0.2, 0.25) is 15.1 Å². The molecule has 0 aliphatic rings. The lowest BCUT2D eigenvalue weighted by Crippen LogP contribution is -2.51. The molecule has 0 saturated heterocycles. The summed E-state index contributed by atoms with van der Waals surface area (Å²) in [5.74, 6) is -0.797. The minimum Gasteiger partial charge on any atom is -0.495 e. The maximum Gasteiger partial charge on any atom is 0.244 e. The van der Waals surface area contributed by atoms with E-state index in [-0.39, 0.29) is 29.4 Å². The van der Waals surface area contributed by atoms with E-state index >= 15 is 0 Å². The number of ether oxygens (including phenoxy) is 1. The van der Waals surface area contributed by atoms with Gasteiger partial charge >= 0.3 is 0 Å². The fourth-order valence-corrected chi connectivity index (χ4v) is 4.85. The molecule has 0 aromatic heterocycles. The van der Waals surface area contributed by atoms with Gasteiger partial charge in [-0.15, -0.1) is 0 Å². The molecular formula is C22H26Cl3N3O5S. The second-order valence-corrected chi connectivity index (χ2v) is 10.6. The van der Waals surface area contributed by atoms with Gasteiger partial charge in [-0.3, -0.25) is 13.9 Å². The van der Waals surface area contributed by atoms with Crippen LogP contribution in [0.5, 0.6) is 5.75 Å². The number of nitrogens with zero attached hydrogens (tertiary/aromatic N) is 2. The van der Waals surface area contributed by atoms with Gasteiger partial charge in [0.2, 0.25) is 21.8 Å². The van der Waals surface area contributed by atoms with Crippen LogP contribution in [0.1, 0.15) is 18.9 Å². The van der Waals surface area contributed by atoms with Gasteiger partial charge in [-0.25, -0.2) is 8.42 Å². The first-order valence-electron chi connectivity index (χ1n) is 10.2. The molecular weight excluding hydrogens is 525 g/mol. The summed E-state index contributed by atoms with van der Waals surface area (Å²) in [7, 11) is -1.10. The molecule has 2 aromatic rings. The highest BCUT2D eigenvalue weighted by Crippen LogP contribution is 2.33. The molecule has 0 fully saturated rings. The van der Waals surface area contributed by atoms with Crippen molar-refractivity contribution < 1.29 is 22.7 Å². The summed E-state index contributed by atoms with van der Waals surface area (Å²) >= 11 is 18.4. The first-order chi connectivity index (χ1) is 15.9. The zero-order chi connectivity index (χ0) is 25.6. The van der Waals surface area contributed by atoms with Crippen LogP contribution < -0.4 is 14.4 Å². The smallest absolute Gasteiger partial charge is 0.244 e. The largest absolute Gasteiger partial charge is 0.495 e. The van der Waals surface area contributed by atoms with Gasteiger partial charge in [0, 0.05) is 28.7 Å². The van der Waals surface area contributed by atoms with E-state index in [4.69, 9.17) is 39.5 Å². The Kier molecular flexibility index (Phi) is 9.87. The molecule has 0 saturated carbocycles. The standard InChI is InChI=1S/C22H26Cl3N3O5S/c1-5-18(22(30)26-2)27(12-14-6-7-15(23)10-17(14)25)21(29)13-28(34(4,31)32)19-11-16(24)8-9-20(19)33-3/h6-11,18H,5,12-13H2,1-4H3,(H,26,30)/t18-/m0/s1. The summed E-state index contributed by atoms with van der Waals surface area (Å²) in [5.41, 5.74) is 0.649. The highest BCUT2D eigenvalue weighted by atomic mass is 35.5. The normalized spacial score (nSPS) is 12.1. The van der Waals surface area contributed by atoms with Crippen LogP contribution in [0.4, 0.5) is 5.69 Å². The van der Waals surface area contributed by atoms with E-state index in [1.807, 2.05) is 0 Å². The minimum absolute atomic E-state index is 0.0367. The highest BCUT2D eigenvalue weighted by molar-refractivity contribution is 7.92. The van der Waals surface area contributed by atoms with Crippen molar-refractivity contribution in [2.45, 2.75) is 25.9 Å². The van der Waals surface area contributed by atoms with Crippen LogP contribution in [-0.4, -0.2) is 58.1 Å². The Balaban J connectivity index is 2.53. The number of carbonyl (C=O) groups excluding carboxylic acids is 2. The number of nitrogens with one attached hydrogen (secondary N) is 1. The van der Waals surface area contributed by atoms with E-state index in [0.717, 1.165) is 10.6 Å². The fourth-order valence-electron chi connectivity index (χ4n) is 3.37. The molecule has 0 radical (unpaired) electrons. The number of rotatable bonds is 10. The summed E-state index contributed by atoms with van der Waals surface area (Å²) in [5, 5.41) is 3.54. The van der Waals surface area contributed by atoms with Crippen LogP contribution in [0.3, 0.4) is 0 Å². The lowest BCUT2D eigenvalue weighted by atomic mass is 10.1. The van der Waals surface area contributed by atoms with E-state index in [2.05, 4.69) is 5.32 Å². The van der Waals surface area contributed by atoms with Gasteiger partial charge in [-0.2, -0.15) is 0 Å². The van der Waals surface area contributed by atoms with Crippen LogP contribution in [-0.2, 0) is 26.2 Å². The van der Waals surface area contributed by atoms with Gasteiger partial charge in [0.05, 0.1) is 19.1 Å². The van der Waals surface area contributed by atoms with Gasteiger partial charge in [-0.05, 0) is 42.3 Å². The summed E-state index contributed by atoms with van der Waals surface area (Å²) < 4.78 is 31.6. The lowest BCUT2D eigenvalue weighted by molar-refractivity contribution is -0.140. The quantitative estimate of drug-likeness (QED) is 0.483. The minimum atomic E-state index is -3.94. The van der Waals surface area contributed by atoms with Crippen LogP contribution in [0, 0.1) is 0 Å². The Morgan fingerprint density at radius 3 is 2.24 bits per heavy atom. The van der Waals surface area contributed by atoms with E-state index in [1.165, 1.54) is 37.3 Å². The number of sulfonamides is 1. The third kappa shape index (κ3) is 6.91. The number of hydrogen-bond acceptors (Lipinski definition) is 5. The average Bonchev–Trinajstić information content (AvgIpc) is 2.77. The topological polar surface area (TPSA) is 96.0 Å². The Bertz CT molecular complexity index is 1160. The zero-order valence-corrected chi connectivity index (χ0v) is 22.2. The lowest BCUT2D eigenvalue weighted by Gasteiger charge is -2.33. The van der Waals surface area contributed by atoms with Gasteiger partial charge in [0.25, 0.3) is 0 Å². The Morgan fingerprint density at radius 2 is 1.71 bits per heavy atom. The number of hydrogen-bond donors (Lipinski definition) is 1. The van der Waals surface area contributed by atoms with Gasteiger partial charge in [-0.1, -0.05) is 47.8 Å². The average molecular weight is 551 g/mol. The first-order valence-corrected chi connectivity index (χ1v) is 13.2. The summed E-state index contributed by atoms with van der Waals surface area (Å²) in [6.45, 7) is 1.12. The second kappa shape index (κ2) is 12.0. The number of methoxy groups -OCH3 is 1. The predicted molar refractivity (Wildman–Crippen MR) is 135 cm³/mol. The zero-order valence-electron chi connectivity index (χ0n) is 19.1.